The van der Waals surface area contributed by atoms with Crippen LogP contribution in [0.1, 0.15) is 34.3 Å². The highest BCUT2D eigenvalue weighted by Gasteiger charge is 2.35. The Labute approximate surface area is 142 Å². The number of urea groups is 1. The highest BCUT2D eigenvalue weighted by atomic mass is 16.2. The molecule has 1 unspecified atom stereocenters. The Hall–Kier alpha value is -2.62. The van der Waals surface area contributed by atoms with E-state index in [2.05, 4.69) is 5.32 Å². The molecule has 0 saturated carbocycles. The molecular formula is C20H22N2O2. The molecule has 2 aromatic carbocycles. The van der Waals surface area contributed by atoms with Crippen molar-refractivity contribution in [3.63, 3.8) is 0 Å². The summed E-state index contributed by atoms with van der Waals surface area (Å²) in [6, 6.07) is 14.6. The van der Waals surface area contributed by atoms with Gasteiger partial charge in [-0.3, -0.25) is 4.79 Å². The van der Waals surface area contributed by atoms with Crippen LogP contribution in [0.25, 0.3) is 0 Å². The van der Waals surface area contributed by atoms with E-state index in [1.165, 1.54) is 0 Å². The van der Waals surface area contributed by atoms with Gasteiger partial charge in [-0.2, -0.15) is 0 Å². The number of nitrogens with zero attached hydrogens (tertiary/aromatic N) is 1. The summed E-state index contributed by atoms with van der Waals surface area (Å²) in [6.07, 6.45) is 1.57. The van der Waals surface area contributed by atoms with Gasteiger partial charge in [0.2, 0.25) is 0 Å². The second-order valence-corrected chi connectivity index (χ2v) is 6.33. The average Bonchev–Trinajstić information content (AvgIpc) is 3.07. The molecule has 0 bridgehead atoms. The Morgan fingerprint density at radius 1 is 1.08 bits per heavy atom. The molecule has 0 spiro atoms. The Balaban J connectivity index is 1.78. The minimum atomic E-state index is -0.380. The third-order valence-corrected chi connectivity index (χ3v) is 4.50. The lowest BCUT2D eigenvalue weighted by atomic mass is 9.96. The van der Waals surface area contributed by atoms with E-state index in [1.807, 2.05) is 62.4 Å². The summed E-state index contributed by atoms with van der Waals surface area (Å²) in [6.45, 7) is 4.53. The van der Waals surface area contributed by atoms with Crippen LogP contribution in [0.3, 0.4) is 0 Å². The first kappa shape index (κ1) is 16.2. The van der Waals surface area contributed by atoms with Crippen LogP contribution in [0.5, 0.6) is 0 Å². The van der Waals surface area contributed by atoms with Crippen molar-refractivity contribution in [2.45, 2.75) is 32.7 Å². The molecule has 0 aliphatic carbocycles. The fourth-order valence-corrected chi connectivity index (χ4v) is 3.18. The summed E-state index contributed by atoms with van der Waals surface area (Å²) >= 11 is 0. The van der Waals surface area contributed by atoms with Crippen LogP contribution < -0.4 is 5.32 Å². The van der Waals surface area contributed by atoms with E-state index < -0.39 is 0 Å². The number of Topliss-reactive ketones (excluding diaryl/α,β-unsaturated/α-hetero) is 1. The lowest BCUT2D eigenvalue weighted by Crippen LogP contribution is -2.43. The Bertz CT molecular complexity index is 755. The molecule has 1 saturated heterocycles. The van der Waals surface area contributed by atoms with Crippen molar-refractivity contribution in [2.24, 2.45) is 0 Å². The number of aryl methyl sites for hydroxylation is 2. The van der Waals surface area contributed by atoms with Gasteiger partial charge in [0.1, 0.15) is 0 Å². The maximum absolute atomic E-state index is 13.0. The summed E-state index contributed by atoms with van der Waals surface area (Å²) in [4.78, 5) is 27.2. The average molecular weight is 322 g/mol. The van der Waals surface area contributed by atoms with E-state index in [0.29, 0.717) is 13.0 Å². The third kappa shape index (κ3) is 3.32. The first-order valence-electron chi connectivity index (χ1n) is 8.30. The molecule has 1 fully saturated rings. The monoisotopic (exact) mass is 322 g/mol. The number of nitrogens with one attached hydrogen (secondary N) is 1. The number of ketones is 1. The van der Waals surface area contributed by atoms with Crippen molar-refractivity contribution in [3.05, 3.63) is 65.2 Å². The fourth-order valence-electron chi connectivity index (χ4n) is 3.18. The number of amides is 2. The molecule has 3 rings (SSSR count). The summed E-state index contributed by atoms with van der Waals surface area (Å²) in [5.41, 5.74) is 3.48. The van der Waals surface area contributed by atoms with E-state index in [0.717, 1.165) is 28.8 Å². The normalized spacial score (nSPS) is 16.9. The van der Waals surface area contributed by atoms with Crippen LogP contribution in [0.2, 0.25) is 0 Å². The van der Waals surface area contributed by atoms with Crippen molar-refractivity contribution in [3.8, 4) is 0 Å². The smallest absolute Gasteiger partial charge is 0.314 e. The van der Waals surface area contributed by atoms with Crippen molar-refractivity contribution in [1.82, 2.24) is 4.90 Å². The van der Waals surface area contributed by atoms with Crippen LogP contribution in [-0.2, 0) is 0 Å². The minimum absolute atomic E-state index is 0.0388. The summed E-state index contributed by atoms with van der Waals surface area (Å²) in [5.74, 6) is 0.0388. The number of hydrogen-bond acceptors (Lipinski definition) is 2. The van der Waals surface area contributed by atoms with E-state index in [1.54, 1.807) is 4.90 Å². The highest BCUT2D eigenvalue weighted by Crippen LogP contribution is 2.24. The van der Waals surface area contributed by atoms with Crippen molar-refractivity contribution in [2.75, 3.05) is 11.9 Å². The van der Waals surface area contributed by atoms with Gasteiger partial charge in [0.15, 0.2) is 5.78 Å². The molecule has 1 atom stereocenters. The number of likely N-dealkylation sites (tertiary alicyclic amines) is 1. The summed E-state index contributed by atoms with van der Waals surface area (Å²) in [5, 5.41) is 2.88. The molecule has 4 heteroatoms. The van der Waals surface area contributed by atoms with Gasteiger partial charge in [-0.25, -0.2) is 4.79 Å². The molecule has 0 radical (unpaired) electrons. The molecule has 2 aromatic rings. The highest BCUT2D eigenvalue weighted by molar-refractivity contribution is 6.04. The first-order chi connectivity index (χ1) is 11.6. The zero-order valence-electron chi connectivity index (χ0n) is 14.1. The maximum Gasteiger partial charge on any atom is 0.322 e. The predicted molar refractivity (Wildman–Crippen MR) is 95.4 cm³/mol. The molecule has 4 nitrogen and oxygen atoms in total. The zero-order chi connectivity index (χ0) is 17.1. The Morgan fingerprint density at radius 3 is 2.58 bits per heavy atom. The molecule has 24 heavy (non-hydrogen) atoms. The van der Waals surface area contributed by atoms with E-state index in [4.69, 9.17) is 0 Å². The molecule has 1 aliphatic heterocycles. The minimum Gasteiger partial charge on any atom is -0.314 e. The van der Waals surface area contributed by atoms with Gasteiger partial charge in [0.25, 0.3) is 0 Å². The molecule has 1 aliphatic rings. The maximum atomic E-state index is 13.0. The van der Waals surface area contributed by atoms with Crippen LogP contribution in [-0.4, -0.2) is 29.3 Å². The van der Waals surface area contributed by atoms with Crippen molar-refractivity contribution < 1.29 is 9.59 Å². The molecule has 0 aromatic heterocycles. The molecular weight excluding hydrogens is 300 g/mol. The van der Waals surface area contributed by atoms with Crippen LogP contribution >= 0.6 is 0 Å². The largest absolute Gasteiger partial charge is 0.322 e. The topological polar surface area (TPSA) is 49.4 Å². The summed E-state index contributed by atoms with van der Waals surface area (Å²) in [7, 11) is 0. The van der Waals surface area contributed by atoms with Crippen molar-refractivity contribution >= 4 is 17.5 Å². The number of rotatable bonds is 3. The van der Waals surface area contributed by atoms with E-state index in [9.17, 15) is 9.59 Å². The van der Waals surface area contributed by atoms with Crippen LogP contribution in [0.4, 0.5) is 10.5 Å². The van der Waals surface area contributed by atoms with Crippen LogP contribution in [0.15, 0.2) is 48.5 Å². The zero-order valence-corrected chi connectivity index (χ0v) is 14.1. The van der Waals surface area contributed by atoms with Gasteiger partial charge < -0.3 is 10.2 Å². The molecule has 1 N–H and O–H groups in total. The fraction of sp³-hybridized carbons (Fsp3) is 0.300. The molecule has 124 valence electrons. The number of para-hydroxylation sites is 1. The SMILES string of the molecule is Cc1ccc(C)c(C(=O)C2CCCN2C(=O)Nc2ccccc2)c1. The van der Waals surface area contributed by atoms with Gasteiger partial charge in [0, 0.05) is 17.8 Å². The number of carbonyl (C=O) groups is 2. The number of carbonyl (C=O) groups excluding carboxylic acids is 2. The van der Waals surface area contributed by atoms with Gasteiger partial charge in [-0.1, -0.05) is 35.9 Å². The standard InChI is InChI=1S/C20H22N2O2/c1-14-10-11-15(2)17(13-14)19(23)18-9-6-12-22(18)20(24)21-16-7-4-3-5-8-16/h3-5,7-8,10-11,13,18H,6,9,12H2,1-2H3,(H,21,24). The first-order valence-corrected chi connectivity index (χ1v) is 8.30. The molecule has 1 heterocycles. The van der Waals surface area contributed by atoms with Gasteiger partial charge in [-0.15, -0.1) is 0 Å². The quantitative estimate of drug-likeness (QED) is 0.862. The number of anilines is 1. The lowest BCUT2D eigenvalue weighted by molar-refractivity contribution is 0.0893. The van der Waals surface area contributed by atoms with Crippen LogP contribution in [0, 0.1) is 13.8 Å². The number of benzene rings is 2. The Morgan fingerprint density at radius 2 is 1.83 bits per heavy atom. The predicted octanol–water partition coefficient (Wildman–Crippen LogP) is 4.18. The lowest BCUT2D eigenvalue weighted by Gasteiger charge is -2.24. The second-order valence-electron chi connectivity index (χ2n) is 6.33. The van der Waals surface area contributed by atoms with Gasteiger partial charge in [0.05, 0.1) is 6.04 Å². The van der Waals surface area contributed by atoms with E-state index >= 15 is 0 Å². The Kier molecular flexibility index (Phi) is 4.65. The van der Waals surface area contributed by atoms with E-state index in [-0.39, 0.29) is 17.9 Å². The number of hydrogen-bond donors (Lipinski definition) is 1. The van der Waals surface area contributed by atoms with Crippen molar-refractivity contribution in [1.29, 1.82) is 0 Å². The van der Waals surface area contributed by atoms with Gasteiger partial charge in [-0.05, 0) is 50.5 Å². The summed E-state index contributed by atoms with van der Waals surface area (Å²) < 4.78 is 0. The third-order valence-electron chi connectivity index (χ3n) is 4.50. The molecule has 2 amide bonds. The second kappa shape index (κ2) is 6.87. The van der Waals surface area contributed by atoms with Gasteiger partial charge >= 0.3 is 6.03 Å².